The summed E-state index contributed by atoms with van der Waals surface area (Å²) in [6, 6.07) is 16.5. The summed E-state index contributed by atoms with van der Waals surface area (Å²) in [5, 5.41) is 0. The molecule has 2 aromatic rings. The minimum absolute atomic E-state index is 0.144. The second kappa shape index (κ2) is 8.86. The van der Waals surface area contributed by atoms with Crippen LogP contribution in [0.3, 0.4) is 0 Å². The summed E-state index contributed by atoms with van der Waals surface area (Å²) in [5.74, 6) is -0.155. The van der Waals surface area contributed by atoms with E-state index in [0.717, 1.165) is 23.9 Å². The van der Waals surface area contributed by atoms with E-state index in [0.29, 0.717) is 13.1 Å². The predicted octanol–water partition coefficient (Wildman–Crippen LogP) is 1.96. The van der Waals surface area contributed by atoms with Crippen molar-refractivity contribution in [2.24, 2.45) is 0 Å². The van der Waals surface area contributed by atoms with Crippen molar-refractivity contribution in [1.82, 2.24) is 14.1 Å². The number of aryl methyl sites for hydroxylation is 1. The highest BCUT2D eigenvalue weighted by Crippen LogP contribution is 2.15. The first kappa shape index (κ1) is 20.5. The molecule has 0 saturated carbocycles. The van der Waals surface area contributed by atoms with Crippen LogP contribution in [-0.2, 0) is 21.4 Å². The zero-order valence-electron chi connectivity index (χ0n) is 16.4. The molecule has 0 bridgehead atoms. The molecule has 0 unspecified atom stereocenters. The summed E-state index contributed by atoms with van der Waals surface area (Å²) in [5.41, 5.74) is 2.57. The Morgan fingerprint density at radius 1 is 0.964 bits per heavy atom. The Morgan fingerprint density at radius 3 is 2.21 bits per heavy atom. The van der Waals surface area contributed by atoms with E-state index in [1.165, 1.54) is 18.2 Å². The van der Waals surface area contributed by atoms with Crippen LogP contribution in [0.2, 0.25) is 0 Å². The summed E-state index contributed by atoms with van der Waals surface area (Å²) >= 11 is 0. The van der Waals surface area contributed by atoms with Crippen molar-refractivity contribution in [1.29, 1.82) is 0 Å². The van der Waals surface area contributed by atoms with Crippen LogP contribution in [0.5, 0.6) is 0 Å². The number of carbonyl (C=O) groups excluding carboxylic acids is 1. The van der Waals surface area contributed by atoms with Gasteiger partial charge in [0.15, 0.2) is 0 Å². The lowest BCUT2D eigenvalue weighted by Gasteiger charge is -2.35. The molecule has 1 aliphatic heterocycles. The first-order chi connectivity index (χ1) is 13.4. The summed E-state index contributed by atoms with van der Waals surface area (Å²) < 4.78 is 26.3. The number of likely N-dealkylation sites (N-methyl/N-ethyl adjacent to an activating group) is 1. The van der Waals surface area contributed by atoms with Crippen molar-refractivity contribution in [3.05, 3.63) is 65.7 Å². The van der Waals surface area contributed by atoms with E-state index < -0.39 is 10.0 Å². The van der Waals surface area contributed by atoms with Crippen molar-refractivity contribution in [3.63, 3.8) is 0 Å². The van der Waals surface area contributed by atoms with Crippen molar-refractivity contribution < 1.29 is 13.2 Å². The lowest BCUT2D eigenvalue weighted by molar-refractivity contribution is -0.133. The third-order valence-electron chi connectivity index (χ3n) is 5.19. The van der Waals surface area contributed by atoms with Gasteiger partial charge < -0.3 is 4.90 Å². The summed E-state index contributed by atoms with van der Waals surface area (Å²) in [4.78, 5) is 16.9. The van der Waals surface area contributed by atoms with Gasteiger partial charge >= 0.3 is 0 Å². The predicted molar refractivity (Wildman–Crippen MR) is 109 cm³/mol. The second-order valence-corrected chi connectivity index (χ2v) is 9.20. The van der Waals surface area contributed by atoms with E-state index in [-0.39, 0.29) is 17.3 Å². The average Bonchev–Trinajstić information content (AvgIpc) is 2.71. The molecule has 28 heavy (non-hydrogen) atoms. The standard InChI is InChI=1S/C21H27N3O3S/c1-18-8-6-7-9-19(18)16-23-12-14-24(15-13-23)21(25)17-22(2)28(26,27)20-10-4-3-5-11-20/h3-11H,12-17H2,1-2H3. The van der Waals surface area contributed by atoms with E-state index in [1.54, 1.807) is 35.2 Å². The van der Waals surface area contributed by atoms with Gasteiger partial charge in [0.1, 0.15) is 0 Å². The zero-order chi connectivity index (χ0) is 20.1. The number of carbonyl (C=O) groups is 1. The Morgan fingerprint density at radius 2 is 1.57 bits per heavy atom. The molecule has 1 amide bonds. The molecular formula is C21H27N3O3S. The molecule has 1 saturated heterocycles. The molecule has 0 atom stereocenters. The fourth-order valence-corrected chi connectivity index (χ4v) is 4.47. The maximum atomic E-state index is 12.6. The molecule has 2 aromatic carbocycles. The van der Waals surface area contributed by atoms with Gasteiger partial charge in [-0.15, -0.1) is 0 Å². The number of rotatable bonds is 6. The lowest BCUT2D eigenvalue weighted by Crippen LogP contribution is -2.51. The molecule has 0 aromatic heterocycles. The van der Waals surface area contributed by atoms with Crippen LogP contribution in [0.1, 0.15) is 11.1 Å². The van der Waals surface area contributed by atoms with Crippen LogP contribution in [0, 0.1) is 6.92 Å². The van der Waals surface area contributed by atoms with Gasteiger partial charge in [0.2, 0.25) is 15.9 Å². The second-order valence-electron chi connectivity index (χ2n) is 7.16. The largest absolute Gasteiger partial charge is 0.339 e. The van der Waals surface area contributed by atoms with Crippen LogP contribution >= 0.6 is 0 Å². The molecule has 0 spiro atoms. The maximum Gasteiger partial charge on any atom is 0.243 e. The van der Waals surface area contributed by atoms with Crippen LogP contribution in [0.4, 0.5) is 0 Å². The molecule has 0 N–H and O–H groups in total. The number of amides is 1. The van der Waals surface area contributed by atoms with E-state index in [9.17, 15) is 13.2 Å². The molecule has 0 aliphatic carbocycles. The number of hydrogen-bond acceptors (Lipinski definition) is 4. The lowest BCUT2D eigenvalue weighted by atomic mass is 10.1. The molecular weight excluding hydrogens is 374 g/mol. The van der Waals surface area contributed by atoms with E-state index in [2.05, 4.69) is 24.0 Å². The number of benzene rings is 2. The Kier molecular flexibility index (Phi) is 6.49. The Balaban J connectivity index is 1.53. The minimum Gasteiger partial charge on any atom is -0.339 e. The first-order valence-corrected chi connectivity index (χ1v) is 10.9. The van der Waals surface area contributed by atoms with Crippen LogP contribution in [0.25, 0.3) is 0 Å². The normalized spacial score (nSPS) is 15.8. The zero-order valence-corrected chi connectivity index (χ0v) is 17.2. The fraction of sp³-hybridized carbons (Fsp3) is 0.381. The quantitative estimate of drug-likeness (QED) is 0.742. The van der Waals surface area contributed by atoms with Gasteiger partial charge in [-0.25, -0.2) is 8.42 Å². The monoisotopic (exact) mass is 401 g/mol. The highest BCUT2D eigenvalue weighted by Gasteiger charge is 2.27. The third kappa shape index (κ3) is 4.79. The number of piperazine rings is 1. The van der Waals surface area contributed by atoms with E-state index in [4.69, 9.17) is 0 Å². The summed E-state index contributed by atoms with van der Waals surface area (Å²) in [7, 11) is -2.20. The van der Waals surface area contributed by atoms with Gasteiger partial charge in [-0.05, 0) is 30.2 Å². The molecule has 0 radical (unpaired) electrons. The van der Waals surface area contributed by atoms with Crippen molar-refractivity contribution in [2.45, 2.75) is 18.4 Å². The Hall–Kier alpha value is -2.22. The van der Waals surface area contributed by atoms with Crippen molar-refractivity contribution in [3.8, 4) is 0 Å². The number of nitrogens with zero attached hydrogens (tertiary/aromatic N) is 3. The number of hydrogen-bond donors (Lipinski definition) is 0. The topological polar surface area (TPSA) is 60.9 Å². The van der Waals surface area contributed by atoms with Gasteiger partial charge in [0, 0.05) is 39.8 Å². The smallest absolute Gasteiger partial charge is 0.243 e. The summed E-state index contributed by atoms with van der Waals surface area (Å²) in [6.07, 6.45) is 0. The van der Waals surface area contributed by atoms with Gasteiger partial charge in [0.05, 0.1) is 11.4 Å². The van der Waals surface area contributed by atoms with Gasteiger partial charge in [-0.2, -0.15) is 4.31 Å². The summed E-state index contributed by atoms with van der Waals surface area (Å²) in [6.45, 7) is 5.64. The van der Waals surface area contributed by atoms with Gasteiger partial charge in [0.25, 0.3) is 0 Å². The average molecular weight is 402 g/mol. The van der Waals surface area contributed by atoms with Crippen LogP contribution in [0.15, 0.2) is 59.5 Å². The molecule has 7 heteroatoms. The third-order valence-corrected chi connectivity index (χ3v) is 7.01. The van der Waals surface area contributed by atoms with Gasteiger partial charge in [-0.1, -0.05) is 42.5 Å². The minimum atomic E-state index is -3.65. The SMILES string of the molecule is Cc1ccccc1CN1CCN(C(=O)CN(C)S(=O)(=O)c2ccccc2)CC1. The molecule has 150 valence electrons. The Labute approximate surface area is 167 Å². The molecule has 1 heterocycles. The maximum absolute atomic E-state index is 12.6. The first-order valence-electron chi connectivity index (χ1n) is 9.44. The highest BCUT2D eigenvalue weighted by atomic mass is 32.2. The van der Waals surface area contributed by atoms with Crippen LogP contribution in [-0.4, -0.2) is 68.2 Å². The molecule has 6 nitrogen and oxygen atoms in total. The molecule has 1 aliphatic rings. The highest BCUT2D eigenvalue weighted by molar-refractivity contribution is 7.89. The van der Waals surface area contributed by atoms with E-state index >= 15 is 0 Å². The van der Waals surface area contributed by atoms with E-state index in [1.807, 2.05) is 12.1 Å². The van der Waals surface area contributed by atoms with Crippen molar-refractivity contribution in [2.75, 3.05) is 39.8 Å². The van der Waals surface area contributed by atoms with Crippen LogP contribution < -0.4 is 0 Å². The Bertz CT molecular complexity index is 908. The molecule has 3 rings (SSSR count). The molecule has 1 fully saturated rings. The number of sulfonamides is 1. The fourth-order valence-electron chi connectivity index (χ4n) is 3.33. The van der Waals surface area contributed by atoms with Gasteiger partial charge in [-0.3, -0.25) is 9.69 Å². The van der Waals surface area contributed by atoms with Crippen molar-refractivity contribution >= 4 is 15.9 Å².